The van der Waals surface area contributed by atoms with E-state index in [1.165, 1.54) is 6.07 Å². The number of halogens is 7. The van der Waals surface area contributed by atoms with Crippen LogP contribution in [-0.4, -0.2) is 65.2 Å². The maximum atomic E-state index is 13.8. The van der Waals surface area contributed by atoms with Crippen LogP contribution in [0.15, 0.2) is 30.3 Å². The number of rotatable bonds is 9. The number of anilines is 1. The van der Waals surface area contributed by atoms with Gasteiger partial charge in [0.1, 0.15) is 12.6 Å². The summed E-state index contributed by atoms with van der Waals surface area (Å²) in [6, 6.07) is 2.14. The van der Waals surface area contributed by atoms with Crippen molar-refractivity contribution in [1.29, 1.82) is 0 Å². The molecule has 2 aromatic carbocycles. The zero-order chi connectivity index (χ0) is 32.1. The van der Waals surface area contributed by atoms with E-state index in [9.17, 15) is 54.7 Å². The monoisotopic (exact) mass is 621 g/mol. The highest BCUT2D eigenvalue weighted by molar-refractivity contribution is 6.39. The summed E-state index contributed by atoms with van der Waals surface area (Å²) >= 11 is 0. The Hall–Kier alpha value is -4.70. The summed E-state index contributed by atoms with van der Waals surface area (Å²) < 4.78 is 98.3. The van der Waals surface area contributed by atoms with E-state index in [-0.39, 0.29) is 32.0 Å². The van der Waals surface area contributed by atoms with Gasteiger partial charge < -0.3 is 25.4 Å². The van der Waals surface area contributed by atoms with Crippen LogP contribution in [0.2, 0.25) is 0 Å². The van der Waals surface area contributed by atoms with Crippen LogP contribution in [0, 0.1) is 29.2 Å². The summed E-state index contributed by atoms with van der Waals surface area (Å²) in [7, 11) is 0. The van der Waals surface area contributed by atoms with Crippen LogP contribution in [0.5, 0.6) is 5.75 Å². The number of amides is 3. The molecule has 0 spiro atoms. The number of nitrogens with zero attached hydrogens (tertiary/aromatic N) is 1. The molecule has 1 aliphatic rings. The van der Waals surface area contributed by atoms with Crippen molar-refractivity contribution in [3.05, 3.63) is 59.2 Å². The smallest absolute Gasteiger partial charge is 0.418 e. The lowest BCUT2D eigenvalue weighted by Crippen LogP contribution is -2.50. The molecule has 1 fully saturated rings. The van der Waals surface area contributed by atoms with Crippen molar-refractivity contribution >= 4 is 35.2 Å². The fourth-order valence-corrected chi connectivity index (χ4v) is 4.13. The van der Waals surface area contributed by atoms with Gasteiger partial charge in [-0.05, 0) is 25.0 Å². The predicted molar refractivity (Wildman–Crippen MR) is 130 cm³/mol. The molecule has 1 saturated heterocycles. The van der Waals surface area contributed by atoms with E-state index in [0.29, 0.717) is 0 Å². The number of para-hydroxylation sites is 1. The Morgan fingerprint density at radius 3 is 2.12 bits per heavy atom. The maximum Gasteiger partial charge on any atom is 0.418 e. The van der Waals surface area contributed by atoms with Crippen LogP contribution in [-0.2, 0) is 30.1 Å². The first-order chi connectivity index (χ1) is 20.1. The minimum atomic E-state index is -4.80. The summed E-state index contributed by atoms with van der Waals surface area (Å²) in [6.45, 7) is -1.67. The second-order valence-corrected chi connectivity index (χ2v) is 9.28. The standard InChI is InChI=1S/C26H22F7N3O7/c27-14-9-15(28)21(30)22(20(14)29)43-11-18(37)17(10-19(38)39)35-23(40)12-5-7-36(8-6-12)25(42)24(41)34-16-4-2-1-3-13(16)26(31,32)33/h1-4,9,12,17H,5-8,10-11H2,(H,34,41)(H,35,40)(H,38,39)/t17-/m0/s1. The zero-order valence-electron chi connectivity index (χ0n) is 21.8. The summed E-state index contributed by atoms with van der Waals surface area (Å²) in [4.78, 5) is 62.3. The van der Waals surface area contributed by atoms with Gasteiger partial charge in [0.05, 0.1) is 17.7 Å². The number of hydrogen-bond donors (Lipinski definition) is 3. The normalized spacial score (nSPS) is 14.5. The van der Waals surface area contributed by atoms with Crippen LogP contribution < -0.4 is 15.4 Å². The van der Waals surface area contributed by atoms with Gasteiger partial charge in [0.25, 0.3) is 0 Å². The van der Waals surface area contributed by atoms with Gasteiger partial charge in [0.2, 0.25) is 17.5 Å². The molecule has 3 N–H and O–H groups in total. The van der Waals surface area contributed by atoms with Crippen LogP contribution in [0.1, 0.15) is 24.8 Å². The number of benzene rings is 2. The lowest BCUT2D eigenvalue weighted by molar-refractivity contribution is -0.145. The first-order valence-corrected chi connectivity index (χ1v) is 12.4. The number of carbonyl (C=O) groups excluding carboxylic acids is 4. The number of hydrogen-bond acceptors (Lipinski definition) is 6. The lowest BCUT2D eigenvalue weighted by atomic mass is 9.95. The Kier molecular flexibility index (Phi) is 10.3. The molecule has 232 valence electrons. The number of carboxylic acid groups (broad SMARTS) is 1. The van der Waals surface area contributed by atoms with Crippen molar-refractivity contribution in [2.75, 3.05) is 25.0 Å². The molecule has 0 radical (unpaired) electrons. The fraction of sp³-hybridized carbons (Fsp3) is 0.346. The summed E-state index contributed by atoms with van der Waals surface area (Å²) in [5.74, 6) is -16.1. The van der Waals surface area contributed by atoms with Gasteiger partial charge in [-0.15, -0.1) is 0 Å². The van der Waals surface area contributed by atoms with Crippen molar-refractivity contribution in [2.24, 2.45) is 5.92 Å². The van der Waals surface area contributed by atoms with Gasteiger partial charge in [0, 0.05) is 25.1 Å². The fourth-order valence-electron chi connectivity index (χ4n) is 4.13. The number of ketones is 1. The van der Waals surface area contributed by atoms with Crippen molar-refractivity contribution < 1.29 is 64.5 Å². The molecular formula is C26H22F7N3O7. The Morgan fingerprint density at radius 1 is 0.977 bits per heavy atom. The topological polar surface area (TPSA) is 142 Å². The van der Waals surface area contributed by atoms with E-state index in [1.807, 2.05) is 5.32 Å². The van der Waals surface area contributed by atoms with E-state index >= 15 is 0 Å². The van der Waals surface area contributed by atoms with Gasteiger partial charge in [-0.25, -0.2) is 8.78 Å². The molecule has 3 amide bonds. The first kappa shape index (κ1) is 32.8. The van der Waals surface area contributed by atoms with Crippen LogP contribution in [0.3, 0.4) is 0 Å². The molecule has 0 unspecified atom stereocenters. The molecule has 1 heterocycles. The summed E-state index contributed by atoms with van der Waals surface area (Å²) in [6.07, 6.45) is -5.97. The van der Waals surface area contributed by atoms with Crippen LogP contribution >= 0.6 is 0 Å². The second kappa shape index (κ2) is 13.5. The molecule has 1 aliphatic heterocycles. The lowest BCUT2D eigenvalue weighted by Gasteiger charge is -2.31. The first-order valence-electron chi connectivity index (χ1n) is 12.4. The molecule has 0 saturated carbocycles. The number of carboxylic acids is 1. The molecule has 17 heteroatoms. The number of alkyl halides is 3. The number of likely N-dealkylation sites (tertiary alicyclic amines) is 1. The number of Topliss-reactive ketones (excluding diaryl/α,β-unsaturated/α-hetero) is 1. The average Bonchev–Trinajstić information content (AvgIpc) is 2.94. The molecule has 10 nitrogen and oxygen atoms in total. The highest BCUT2D eigenvalue weighted by Crippen LogP contribution is 2.34. The highest BCUT2D eigenvalue weighted by Gasteiger charge is 2.36. The molecule has 43 heavy (non-hydrogen) atoms. The van der Waals surface area contributed by atoms with E-state index in [1.54, 1.807) is 0 Å². The third-order valence-corrected chi connectivity index (χ3v) is 6.34. The molecule has 3 rings (SSSR count). The van der Waals surface area contributed by atoms with E-state index in [2.05, 4.69) is 10.1 Å². The average molecular weight is 621 g/mol. The van der Waals surface area contributed by atoms with Crippen molar-refractivity contribution in [2.45, 2.75) is 31.5 Å². The Bertz CT molecular complexity index is 1400. The van der Waals surface area contributed by atoms with Gasteiger partial charge in [-0.3, -0.25) is 24.0 Å². The van der Waals surface area contributed by atoms with Crippen LogP contribution in [0.25, 0.3) is 0 Å². The third kappa shape index (κ3) is 8.20. The van der Waals surface area contributed by atoms with E-state index in [0.717, 1.165) is 23.1 Å². The number of aliphatic carboxylic acids is 1. The summed E-state index contributed by atoms with van der Waals surface area (Å²) in [5, 5.41) is 13.2. The third-order valence-electron chi connectivity index (χ3n) is 6.34. The van der Waals surface area contributed by atoms with Gasteiger partial charge in [-0.2, -0.15) is 22.0 Å². The Morgan fingerprint density at radius 2 is 1.56 bits per heavy atom. The number of nitrogens with one attached hydrogen (secondary N) is 2. The van der Waals surface area contributed by atoms with Gasteiger partial charge >= 0.3 is 24.0 Å². The Balaban J connectivity index is 1.58. The van der Waals surface area contributed by atoms with E-state index < -0.39 is 101 Å². The number of piperidine rings is 1. The zero-order valence-corrected chi connectivity index (χ0v) is 21.8. The molecule has 0 aliphatic carbocycles. The summed E-state index contributed by atoms with van der Waals surface area (Å²) in [5.41, 5.74) is -1.80. The van der Waals surface area contributed by atoms with Gasteiger partial charge in [0.15, 0.2) is 23.2 Å². The molecular weight excluding hydrogens is 599 g/mol. The SMILES string of the molecule is O=C(O)C[C@H](NC(=O)C1CCN(C(=O)C(=O)Nc2ccccc2C(F)(F)F)CC1)C(=O)COc1c(F)c(F)cc(F)c1F. The number of ether oxygens (including phenoxy) is 1. The molecule has 2 aromatic rings. The highest BCUT2D eigenvalue weighted by atomic mass is 19.4. The minimum Gasteiger partial charge on any atom is -0.481 e. The largest absolute Gasteiger partial charge is 0.481 e. The minimum absolute atomic E-state index is 0.0898. The number of carbonyl (C=O) groups is 5. The van der Waals surface area contributed by atoms with Crippen LogP contribution in [0.4, 0.5) is 36.4 Å². The van der Waals surface area contributed by atoms with Crippen molar-refractivity contribution in [3.8, 4) is 5.75 Å². The maximum absolute atomic E-state index is 13.8. The van der Waals surface area contributed by atoms with Crippen molar-refractivity contribution in [1.82, 2.24) is 10.2 Å². The predicted octanol–water partition coefficient (Wildman–Crippen LogP) is 3.05. The molecule has 1 atom stereocenters. The molecule has 0 aromatic heterocycles. The quantitative estimate of drug-likeness (QED) is 0.222. The second-order valence-electron chi connectivity index (χ2n) is 9.28. The Labute approximate surface area is 237 Å². The van der Waals surface area contributed by atoms with E-state index in [4.69, 9.17) is 5.11 Å². The molecule has 0 bridgehead atoms. The van der Waals surface area contributed by atoms with Crippen molar-refractivity contribution in [3.63, 3.8) is 0 Å². The van der Waals surface area contributed by atoms with Gasteiger partial charge in [-0.1, -0.05) is 12.1 Å².